The molecule has 1 aliphatic heterocycles. The first kappa shape index (κ1) is 17.7. The van der Waals surface area contributed by atoms with E-state index in [0.29, 0.717) is 17.5 Å². The van der Waals surface area contributed by atoms with Crippen molar-refractivity contribution in [2.45, 2.75) is 12.8 Å². The molecule has 2 aromatic rings. The predicted octanol–water partition coefficient (Wildman–Crippen LogP) is 2.01. The molecule has 0 radical (unpaired) electrons. The highest BCUT2D eigenvalue weighted by Gasteiger charge is 2.32. The van der Waals surface area contributed by atoms with E-state index in [9.17, 15) is 14.4 Å². The van der Waals surface area contributed by atoms with Crippen molar-refractivity contribution in [3.63, 3.8) is 0 Å². The van der Waals surface area contributed by atoms with Crippen LogP contribution in [0.2, 0.25) is 0 Å². The molecule has 0 unspecified atom stereocenters. The number of amides is 2. The number of hydrogen-bond acceptors (Lipinski definition) is 5. The Kier molecular flexibility index (Phi) is 5.31. The molecule has 0 N–H and O–H groups in total. The van der Waals surface area contributed by atoms with E-state index in [1.807, 2.05) is 24.3 Å². The third kappa shape index (κ3) is 3.91. The van der Waals surface area contributed by atoms with Crippen molar-refractivity contribution in [2.75, 3.05) is 20.3 Å². The van der Waals surface area contributed by atoms with Gasteiger partial charge >= 0.3 is 5.97 Å². The summed E-state index contributed by atoms with van der Waals surface area (Å²) in [5, 5.41) is 0. The smallest absolute Gasteiger partial charge is 0.326 e. The highest BCUT2D eigenvalue weighted by atomic mass is 16.5. The summed E-state index contributed by atoms with van der Waals surface area (Å²) in [7, 11) is 1.60. The zero-order chi connectivity index (χ0) is 18.5. The lowest BCUT2D eigenvalue weighted by Gasteiger charge is -2.25. The number of nitrogens with zero attached hydrogens (tertiary/aromatic N) is 1. The van der Waals surface area contributed by atoms with Crippen molar-refractivity contribution >= 4 is 17.8 Å². The molecule has 0 atom stereocenters. The summed E-state index contributed by atoms with van der Waals surface area (Å²) in [6.45, 7) is -0.188. The molecule has 6 heteroatoms. The quantitative estimate of drug-likeness (QED) is 0.587. The van der Waals surface area contributed by atoms with Crippen LogP contribution in [0.25, 0.3) is 0 Å². The normalized spacial score (nSPS) is 13.3. The van der Waals surface area contributed by atoms with Gasteiger partial charge in [-0.2, -0.15) is 0 Å². The fraction of sp³-hybridized carbons (Fsp3) is 0.250. The van der Waals surface area contributed by atoms with Crippen LogP contribution in [0.1, 0.15) is 21.5 Å². The van der Waals surface area contributed by atoms with E-state index < -0.39 is 11.9 Å². The van der Waals surface area contributed by atoms with Crippen molar-refractivity contribution in [1.82, 2.24) is 4.90 Å². The third-order valence-electron chi connectivity index (χ3n) is 4.24. The summed E-state index contributed by atoms with van der Waals surface area (Å²) in [5.74, 6) is -0.683. The van der Waals surface area contributed by atoms with E-state index in [2.05, 4.69) is 0 Å². The minimum atomic E-state index is -0.598. The fourth-order valence-electron chi connectivity index (χ4n) is 2.81. The average molecular weight is 353 g/mol. The number of hydrogen-bond donors (Lipinski definition) is 0. The number of ether oxygens (including phenoxy) is 2. The van der Waals surface area contributed by atoms with Crippen LogP contribution in [0.5, 0.6) is 5.75 Å². The van der Waals surface area contributed by atoms with Crippen LogP contribution in [0.15, 0.2) is 48.5 Å². The van der Waals surface area contributed by atoms with Gasteiger partial charge in [0.25, 0.3) is 5.91 Å². The number of rotatable bonds is 6. The summed E-state index contributed by atoms with van der Waals surface area (Å²) in [5.41, 5.74) is 2.14. The topological polar surface area (TPSA) is 72.9 Å². The third-order valence-corrected chi connectivity index (χ3v) is 4.24. The first-order chi connectivity index (χ1) is 12.6. The molecule has 1 aliphatic rings. The zero-order valence-corrected chi connectivity index (χ0v) is 14.4. The Hall–Kier alpha value is -3.15. The predicted molar refractivity (Wildman–Crippen MR) is 93.8 cm³/mol. The van der Waals surface area contributed by atoms with Crippen molar-refractivity contribution in [1.29, 1.82) is 0 Å². The number of imide groups is 1. The molecule has 0 saturated carbocycles. The molecule has 134 valence electrons. The summed E-state index contributed by atoms with van der Waals surface area (Å²) in [4.78, 5) is 37.5. The van der Waals surface area contributed by atoms with Gasteiger partial charge in [0, 0.05) is 12.0 Å². The molecule has 26 heavy (non-hydrogen) atoms. The van der Waals surface area contributed by atoms with E-state index in [1.165, 1.54) is 0 Å². The molecule has 0 saturated heterocycles. The maximum atomic E-state index is 12.4. The molecular weight excluding hydrogens is 334 g/mol. The van der Waals surface area contributed by atoms with Crippen LogP contribution in [0.4, 0.5) is 0 Å². The summed E-state index contributed by atoms with van der Waals surface area (Å²) < 4.78 is 10.3. The van der Waals surface area contributed by atoms with Crippen LogP contribution >= 0.6 is 0 Å². The summed E-state index contributed by atoms with van der Waals surface area (Å²) in [6, 6.07) is 14.4. The minimum absolute atomic E-state index is 0.112. The van der Waals surface area contributed by atoms with Gasteiger partial charge in [0.2, 0.25) is 5.91 Å². The molecule has 0 aliphatic carbocycles. The molecule has 2 amide bonds. The number of carbonyl (C=O) groups is 3. The number of esters is 1. The monoisotopic (exact) mass is 353 g/mol. The average Bonchev–Trinajstić information content (AvgIpc) is 2.66. The number of benzene rings is 2. The first-order valence-electron chi connectivity index (χ1n) is 8.29. The van der Waals surface area contributed by atoms with Crippen LogP contribution in [0.3, 0.4) is 0 Å². The second kappa shape index (κ2) is 7.82. The van der Waals surface area contributed by atoms with E-state index in [4.69, 9.17) is 9.47 Å². The van der Waals surface area contributed by atoms with Crippen LogP contribution in [-0.4, -0.2) is 42.9 Å². The van der Waals surface area contributed by atoms with E-state index >= 15 is 0 Å². The van der Waals surface area contributed by atoms with Crippen molar-refractivity contribution < 1.29 is 23.9 Å². The molecule has 0 spiro atoms. The van der Waals surface area contributed by atoms with Gasteiger partial charge in [0.1, 0.15) is 12.3 Å². The second-order valence-electron chi connectivity index (χ2n) is 5.94. The maximum absolute atomic E-state index is 12.4. The van der Waals surface area contributed by atoms with E-state index in [-0.39, 0.29) is 25.5 Å². The highest BCUT2D eigenvalue weighted by Crippen LogP contribution is 2.19. The lowest BCUT2D eigenvalue weighted by Crippen LogP contribution is -2.45. The van der Waals surface area contributed by atoms with Gasteiger partial charge < -0.3 is 9.47 Å². The Bertz CT molecular complexity index is 828. The Balaban J connectivity index is 1.53. The van der Waals surface area contributed by atoms with Crippen LogP contribution in [0, 0.1) is 0 Å². The van der Waals surface area contributed by atoms with E-state index in [0.717, 1.165) is 16.2 Å². The van der Waals surface area contributed by atoms with Gasteiger partial charge in [0.05, 0.1) is 20.1 Å². The van der Waals surface area contributed by atoms with Crippen LogP contribution < -0.4 is 4.74 Å². The van der Waals surface area contributed by atoms with Gasteiger partial charge in [-0.3, -0.25) is 19.3 Å². The molecule has 3 rings (SSSR count). The fourth-order valence-corrected chi connectivity index (χ4v) is 2.81. The standard InChI is InChI=1S/C20H19NO5/c1-25-16-8-6-14(7-9-16)10-11-26-19(23)13-21-18(22)12-15-4-2-3-5-17(15)20(21)24/h2-9H,10-13H2,1H3. The number of methoxy groups -OCH3 is 1. The molecule has 0 bridgehead atoms. The number of carbonyl (C=O) groups excluding carboxylic acids is 3. The van der Waals surface area contributed by atoms with Gasteiger partial charge in [-0.1, -0.05) is 30.3 Å². The maximum Gasteiger partial charge on any atom is 0.326 e. The lowest BCUT2D eigenvalue weighted by atomic mass is 9.98. The van der Waals surface area contributed by atoms with Gasteiger partial charge in [-0.25, -0.2) is 0 Å². The summed E-state index contributed by atoms with van der Waals surface area (Å²) in [6.07, 6.45) is 0.654. The number of fused-ring (bicyclic) bond motifs is 1. The van der Waals surface area contributed by atoms with Crippen molar-refractivity contribution in [2.24, 2.45) is 0 Å². The zero-order valence-electron chi connectivity index (χ0n) is 14.4. The second-order valence-corrected chi connectivity index (χ2v) is 5.94. The Labute approximate surface area is 151 Å². The van der Waals surface area contributed by atoms with Gasteiger partial charge in [-0.15, -0.1) is 0 Å². The molecule has 0 fully saturated rings. The Morgan fingerprint density at radius 3 is 2.54 bits per heavy atom. The SMILES string of the molecule is COc1ccc(CCOC(=O)CN2C(=O)Cc3ccccc3C2=O)cc1. The van der Waals surface area contributed by atoms with Crippen molar-refractivity contribution in [3.05, 3.63) is 65.2 Å². The first-order valence-corrected chi connectivity index (χ1v) is 8.29. The molecule has 6 nitrogen and oxygen atoms in total. The van der Waals surface area contributed by atoms with E-state index in [1.54, 1.807) is 31.4 Å². The molecule has 0 aromatic heterocycles. The van der Waals surface area contributed by atoms with Gasteiger partial charge in [0.15, 0.2) is 0 Å². The summed E-state index contributed by atoms with van der Waals surface area (Å²) >= 11 is 0. The molecule has 2 aromatic carbocycles. The Morgan fingerprint density at radius 2 is 1.81 bits per heavy atom. The molecule has 1 heterocycles. The lowest BCUT2D eigenvalue weighted by molar-refractivity contribution is -0.147. The van der Waals surface area contributed by atoms with Crippen molar-refractivity contribution in [3.8, 4) is 5.75 Å². The Morgan fingerprint density at radius 1 is 1.08 bits per heavy atom. The largest absolute Gasteiger partial charge is 0.497 e. The molecular formula is C20H19NO5. The van der Waals surface area contributed by atoms with Crippen LogP contribution in [-0.2, 0) is 27.2 Å². The minimum Gasteiger partial charge on any atom is -0.497 e. The van der Waals surface area contributed by atoms with Gasteiger partial charge in [-0.05, 0) is 29.3 Å². The highest BCUT2D eigenvalue weighted by molar-refractivity contribution is 6.11.